The molecular formula is C18H25F3N4O3. The molecule has 10 heteroatoms. The fraction of sp³-hybridized carbons (Fsp3) is 0.556. The summed E-state index contributed by atoms with van der Waals surface area (Å²) in [5.74, 6) is -0.500. The van der Waals surface area contributed by atoms with Crippen LogP contribution in [0.2, 0.25) is 0 Å². The molecule has 1 aliphatic carbocycles. The number of nitrogens with one attached hydrogen (secondary N) is 1. The Balaban J connectivity index is 1.94. The summed E-state index contributed by atoms with van der Waals surface area (Å²) in [6.45, 7) is 5.84. The number of alkyl halides is 3. The van der Waals surface area contributed by atoms with Gasteiger partial charge in [-0.1, -0.05) is 12.1 Å². The highest BCUT2D eigenvalue weighted by molar-refractivity contribution is 5.93. The number of para-hydroxylation sites is 2. The maximum Gasteiger partial charge on any atom is 0.573 e. The highest BCUT2D eigenvalue weighted by atomic mass is 19.4. The fourth-order valence-electron chi connectivity index (χ4n) is 2.37. The number of carbonyl (C=O) groups is 1. The zero-order valence-corrected chi connectivity index (χ0v) is 16.0. The van der Waals surface area contributed by atoms with Crippen LogP contribution in [0.15, 0.2) is 29.3 Å². The lowest BCUT2D eigenvalue weighted by Gasteiger charge is -2.27. The number of guanidine groups is 1. The summed E-state index contributed by atoms with van der Waals surface area (Å²) in [4.78, 5) is 18.0. The lowest BCUT2D eigenvalue weighted by atomic mass is 10.2. The van der Waals surface area contributed by atoms with E-state index in [1.54, 1.807) is 25.7 Å². The average molecular weight is 402 g/mol. The van der Waals surface area contributed by atoms with Crippen LogP contribution < -0.4 is 15.8 Å². The summed E-state index contributed by atoms with van der Waals surface area (Å²) >= 11 is 0. The normalized spacial score (nSPS) is 15.1. The standard InChI is InChI=1S/C18H25F3N4O3/c1-17(2,3)28-16(26)25(12-8-9-12)11-10-23-15(22)24-13-6-4-5-7-14(13)27-18(19,20)21/h4-7,12H,8-11H2,1-3H3,(H3,22,23,24). The van der Waals surface area contributed by atoms with Crippen molar-refractivity contribution in [3.8, 4) is 5.75 Å². The Morgan fingerprint density at radius 3 is 2.50 bits per heavy atom. The van der Waals surface area contributed by atoms with E-state index >= 15 is 0 Å². The number of aliphatic imine (C=N–C) groups is 1. The Kier molecular flexibility index (Phi) is 6.63. The molecule has 0 heterocycles. The number of amides is 1. The fourth-order valence-corrected chi connectivity index (χ4v) is 2.37. The molecule has 0 spiro atoms. The lowest BCUT2D eigenvalue weighted by Crippen LogP contribution is -2.40. The third kappa shape index (κ3) is 7.53. The van der Waals surface area contributed by atoms with Gasteiger partial charge in [-0.3, -0.25) is 4.99 Å². The second-order valence-corrected chi connectivity index (χ2v) is 7.34. The molecule has 1 aliphatic rings. The summed E-state index contributed by atoms with van der Waals surface area (Å²) in [5.41, 5.74) is 5.20. The molecule has 156 valence electrons. The summed E-state index contributed by atoms with van der Waals surface area (Å²) < 4.78 is 46.7. The lowest BCUT2D eigenvalue weighted by molar-refractivity contribution is -0.274. The Hall–Kier alpha value is -2.65. The second-order valence-electron chi connectivity index (χ2n) is 7.34. The van der Waals surface area contributed by atoms with Gasteiger partial charge in [0.2, 0.25) is 0 Å². The van der Waals surface area contributed by atoms with Crippen LogP contribution in [-0.2, 0) is 4.74 Å². The average Bonchev–Trinajstić information content (AvgIpc) is 3.35. The van der Waals surface area contributed by atoms with E-state index in [2.05, 4.69) is 15.0 Å². The smallest absolute Gasteiger partial charge is 0.444 e. The summed E-state index contributed by atoms with van der Waals surface area (Å²) in [6.07, 6.45) is -3.43. The first kappa shape index (κ1) is 21.6. The molecule has 0 bridgehead atoms. The second kappa shape index (κ2) is 8.57. The van der Waals surface area contributed by atoms with Gasteiger partial charge in [0.25, 0.3) is 0 Å². The summed E-state index contributed by atoms with van der Waals surface area (Å²) in [7, 11) is 0. The van der Waals surface area contributed by atoms with Crippen molar-refractivity contribution < 1.29 is 27.4 Å². The molecule has 0 saturated heterocycles. The number of halogens is 3. The monoisotopic (exact) mass is 402 g/mol. The van der Waals surface area contributed by atoms with E-state index < -0.39 is 23.8 Å². The SMILES string of the molecule is CC(C)(C)OC(=O)N(CCN=C(N)Nc1ccccc1OC(F)(F)F)C1CC1. The molecule has 0 atom stereocenters. The minimum Gasteiger partial charge on any atom is -0.444 e. The van der Waals surface area contributed by atoms with Gasteiger partial charge < -0.3 is 25.4 Å². The van der Waals surface area contributed by atoms with Crippen molar-refractivity contribution in [2.75, 3.05) is 18.4 Å². The summed E-state index contributed by atoms with van der Waals surface area (Å²) in [6, 6.07) is 5.63. The van der Waals surface area contributed by atoms with Crippen LogP contribution in [0.4, 0.5) is 23.7 Å². The number of ether oxygens (including phenoxy) is 2. The molecule has 1 fully saturated rings. The number of nitrogens with zero attached hydrogens (tertiary/aromatic N) is 2. The van der Waals surface area contributed by atoms with Crippen LogP contribution in [-0.4, -0.2) is 48.0 Å². The van der Waals surface area contributed by atoms with E-state index in [0.29, 0.717) is 6.54 Å². The van der Waals surface area contributed by atoms with E-state index in [1.807, 2.05) is 0 Å². The molecule has 0 radical (unpaired) electrons. The van der Waals surface area contributed by atoms with Crippen molar-refractivity contribution >= 4 is 17.7 Å². The van der Waals surface area contributed by atoms with E-state index in [-0.39, 0.29) is 24.2 Å². The van der Waals surface area contributed by atoms with Crippen LogP contribution >= 0.6 is 0 Å². The number of benzene rings is 1. The van der Waals surface area contributed by atoms with Gasteiger partial charge >= 0.3 is 12.5 Å². The molecule has 0 unspecified atom stereocenters. The number of hydrogen-bond acceptors (Lipinski definition) is 4. The maximum atomic E-state index is 12.5. The molecule has 1 aromatic rings. The Morgan fingerprint density at radius 1 is 1.29 bits per heavy atom. The predicted octanol–water partition coefficient (Wildman–Crippen LogP) is 3.71. The zero-order chi connectivity index (χ0) is 20.9. The van der Waals surface area contributed by atoms with Gasteiger partial charge in [-0.05, 0) is 45.7 Å². The molecule has 7 nitrogen and oxygen atoms in total. The Morgan fingerprint density at radius 2 is 1.93 bits per heavy atom. The Bertz CT molecular complexity index is 713. The summed E-state index contributed by atoms with van der Waals surface area (Å²) in [5, 5.41) is 2.59. The highest BCUT2D eigenvalue weighted by Crippen LogP contribution is 2.30. The Labute approximate surface area is 161 Å². The van der Waals surface area contributed by atoms with Gasteiger partial charge in [-0.2, -0.15) is 0 Å². The van der Waals surface area contributed by atoms with Gasteiger partial charge in [0.1, 0.15) is 5.60 Å². The number of hydrogen-bond donors (Lipinski definition) is 2. The van der Waals surface area contributed by atoms with Gasteiger partial charge in [0.05, 0.1) is 12.2 Å². The predicted molar refractivity (Wildman–Crippen MR) is 99.2 cm³/mol. The van der Waals surface area contributed by atoms with Gasteiger partial charge in [0.15, 0.2) is 11.7 Å². The van der Waals surface area contributed by atoms with Crippen LogP contribution in [0.5, 0.6) is 5.75 Å². The molecule has 2 rings (SSSR count). The van der Waals surface area contributed by atoms with Crippen LogP contribution in [0, 0.1) is 0 Å². The molecule has 1 aromatic carbocycles. The first-order valence-corrected chi connectivity index (χ1v) is 8.86. The van der Waals surface area contributed by atoms with E-state index in [4.69, 9.17) is 10.5 Å². The molecule has 3 N–H and O–H groups in total. The highest BCUT2D eigenvalue weighted by Gasteiger charge is 2.35. The van der Waals surface area contributed by atoms with Crippen molar-refractivity contribution in [3.63, 3.8) is 0 Å². The van der Waals surface area contributed by atoms with E-state index in [9.17, 15) is 18.0 Å². The molecule has 1 saturated carbocycles. The van der Waals surface area contributed by atoms with Gasteiger partial charge in [-0.15, -0.1) is 13.2 Å². The van der Waals surface area contributed by atoms with E-state index in [0.717, 1.165) is 12.8 Å². The topological polar surface area (TPSA) is 89.2 Å². The molecule has 0 aliphatic heterocycles. The van der Waals surface area contributed by atoms with Crippen LogP contribution in [0.3, 0.4) is 0 Å². The first-order chi connectivity index (χ1) is 12.9. The van der Waals surface area contributed by atoms with Crippen molar-refractivity contribution in [2.24, 2.45) is 10.7 Å². The van der Waals surface area contributed by atoms with Gasteiger partial charge in [0, 0.05) is 12.6 Å². The zero-order valence-electron chi connectivity index (χ0n) is 16.0. The van der Waals surface area contributed by atoms with Gasteiger partial charge in [-0.25, -0.2) is 4.79 Å². The maximum absolute atomic E-state index is 12.5. The number of nitrogens with two attached hydrogens (primary N) is 1. The van der Waals surface area contributed by atoms with E-state index in [1.165, 1.54) is 24.3 Å². The van der Waals surface area contributed by atoms with Crippen LogP contribution in [0.25, 0.3) is 0 Å². The molecular weight excluding hydrogens is 377 g/mol. The number of carbonyl (C=O) groups excluding carboxylic acids is 1. The minimum atomic E-state index is -4.82. The first-order valence-electron chi connectivity index (χ1n) is 8.86. The van der Waals surface area contributed by atoms with Crippen molar-refractivity contribution in [3.05, 3.63) is 24.3 Å². The van der Waals surface area contributed by atoms with Crippen molar-refractivity contribution in [1.82, 2.24) is 4.90 Å². The minimum absolute atomic E-state index is 0.0345. The third-order valence-corrected chi connectivity index (χ3v) is 3.61. The number of rotatable bonds is 6. The van der Waals surface area contributed by atoms with Crippen molar-refractivity contribution in [2.45, 2.75) is 51.6 Å². The van der Waals surface area contributed by atoms with Crippen LogP contribution in [0.1, 0.15) is 33.6 Å². The number of anilines is 1. The molecule has 28 heavy (non-hydrogen) atoms. The molecule has 0 aromatic heterocycles. The quantitative estimate of drug-likeness (QED) is 0.559. The largest absolute Gasteiger partial charge is 0.573 e. The third-order valence-electron chi connectivity index (χ3n) is 3.61. The van der Waals surface area contributed by atoms with Crippen molar-refractivity contribution in [1.29, 1.82) is 0 Å². The molecule has 1 amide bonds.